The van der Waals surface area contributed by atoms with Crippen molar-refractivity contribution in [2.45, 2.75) is 24.8 Å². The number of hydrogen-bond acceptors (Lipinski definition) is 5. The molecule has 1 atom stereocenters. The Labute approximate surface area is 157 Å². The maximum Gasteiger partial charge on any atom is 0.332 e. The van der Waals surface area contributed by atoms with Crippen LogP contribution in [-0.4, -0.2) is 32.8 Å². The Morgan fingerprint density at radius 2 is 1.65 bits per heavy atom. The van der Waals surface area contributed by atoms with Gasteiger partial charge in [-0.05, 0) is 50.2 Å². The van der Waals surface area contributed by atoms with E-state index in [1.807, 2.05) is 6.92 Å². The standard InChI is InChI=1S/C18H18ClNO5S/c1-3-25-18(22)16(17(21)13-6-8-14(19)9-7-13)20-26(23,24)15-10-4-12(2)5-11-15/h4-11,16,20H,3H2,1-2H3. The van der Waals surface area contributed by atoms with Crippen molar-refractivity contribution in [3.63, 3.8) is 0 Å². The molecule has 0 aliphatic heterocycles. The molecular weight excluding hydrogens is 378 g/mol. The van der Waals surface area contributed by atoms with E-state index in [-0.39, 0.29) is 17.1 Å². The van der Waals surface area contributed by atoms with E-state index in [1.54, 1.807) is 19.1 Å². The minimum Gasteiger partial charge on any atom is -0.464 e. The fourth-order valence-corrected chi connectivity index (χ4v) is 3.43. The van der Waals surface area contributed by atoms with Crippen LogP contribution in [0.2, 0.25) is 5.02 Å². The number of esters is 1. The van der Waals surface area contributed by atoms with E-state index in [9.17, 15) is 18.0 Å². The molecule has 138 valence electrons. The van der Waals surface area contributed by atoms with E-state index in [2.05, 4.69) is 4.72 Å². The van der Waals surface area contributed by atoms with Crippen LogP contribution in [0.15, 0.2) is 53.4 Å². The van der Waals surface area contributed by atoms with Crippen molar-refractivity contribution in [3.05, 3.63) is 64.7 Å². The zero-order valence-electron chi connectivity index (χ0n) is 14.2. The molecule has 0 radical (unpaired) electrons. The van der Waals surface area contributed by atoms with Crippen LogP contribution in [0.1, 0.15) is 22.8 Å². The highest BCUT2D eigenvalue weighted by Gasteiger charge is 2.33. The molecule has 1 N–H and O–H groups in total. The van der Waals surface area contributed by atoms with E-state index in [0.29, 0.717) is 5.02 Å². The molecule has 0 aliphatic rings. The monoisotopic (exact) mass is 395 g/mol. The van der Waals surface area contributed by atoms with Crippen LogP contribution in [0, 0.1) is 6.92 Å². The van der Waals surface area contributed by atoms with Crippen molar-refractivity contribution < 1.29 is 22.7 Å². The average molecular weight is 396 g/mol. The number of hydrogen-bond donors (Lipinski definition) is 1. The Kier molecular flexibility index (Phi) is 6.52. The molecule has 26 heavy (non-hydrogen) atoms. The van der Waals surface area contributed by atoms with Crippen molar-refractivity contribution in [1.29, 1.82) is 0 Å². The van der Waals surface area contributed by atoms with Gasteiger partial charge in [0, 0.05) is 10.6 Å². The summed E-state index contributed by atoms with van der Waals surface area (Å²) in [5, 5.41) is 0.412. The molecule has 0 fully saturated rings. The Balaban J connectivity index is 2.35. The van der Waals surface area contributed by atoms with Crippen LogP contribution in [0.3, 0.4) is 0 Å². The van der Waals surface area contributed by atoms with Crippen molar-refractivity contribution >= 4 is 33.4 Å². The third kappa shape index (κ3) is 4.91. The minimum atomic E-state index is -4.10. The fourth-order valence-electron chi connectivity index (χ4n) is 2.16. The Morgan fingerprint density at radius 3 is 2.19 bits per heavy atom. The van der Waals surface area contributed by atoms with Crippen LogP contribution >= 0.6 is 11.6 Å². The number of rotatable bonds is 7. The van der Waals surface area contributed by atoms with Gasteiger partial charge in [0.05, 0.1) is 11.5 Å². The van der Waals surface area contributed by atoms with Gasteiger partial charge in [0.25, 0.3) is 0 Å². The van der Waals surface area contributed by atoms with Gasteiger partial charge in [0.2, 0.25) is 10.0 Å². The summed E-state index contributed by atoms with van der Waals surface area (Å²) >= 11 is 5.79. The van der Waals surface area contributed by atoms with Crippen LogP contribution in [0.25, 0.3) is 0 Å². The number of aryl methyl sites for hydroxylation is 1. The van der Waals surface area contributed by atoms with E-state index >= 15 is 0 Å². The Hall–Kier alpha value is -2.22. The molecule has 0 bridgehead atoms. The number of nitrogens with one attached hydrogen (secondary N) is 1. The number of ketones is 1. The predicted octanol–water partition coefficient (Wildman–Crippen LogP) is 2.74. The first kappa shape index (κ1) is 20.1. The van der Waals surface area contributed by atoms with Crippen LogP contribution < -0.4 is 4.72 Å². The fraction of sp³-hybridized carbons (Fsp3) is 0.222. The maximum absolute atomic E-state index is 12.7. The first-order chi connectivity index (χ1) is 12.2. The van der Waals surface area contributed by atoms with Crippen LogP contribution in [0.5, 0.6) is 0 Å². The molecule has 2 aromatic rings. The summed E-state index contributed by atoms with van der Waals surface area (Å²) in [6.45, 7) is 3.39. The van der Waals surface area contributed by atoms with Crippen molar-refractivity contribution in [3.8, 4) is 0 Å². The van der Waals surface area contributed by atoms with E-state index < -0.39 is 27.8 Å². The summed E-state index contributed by atoms with van der Waals surface area (Å²) in [5.74, 6) is -1.70. The SMILES string of the molecule is CCOC(=O)C(NS(=O)(=O)c1ccc(C)cc1)C(=O)c1ccc(Cl)cc1. The highest BCUT2D eigenvalue weighted by atomic mass is 35.5. The first-order valence-corrected chi connectivity index (χ1v) is 9.66. The minimum absolute atomic E-state index is 0.00942. The van der Waals surface area contributed by atoms with Gasteiger partial charge in [-0.2, -0.15) is 4.72 Å². The summed E-state index contributed by atoms with van der Waals surface area (Å²) in [6, 6.07) is 10.1. The normalized spacial score (nSPS) is 12.4. The van der Waals surface area contributed by atoms with Crippen molar-refractivity contribution in [2.24, 2.45) is 0 Å². The smallest absolute Gasteiger partial charge is 0.332 e. The van der Waals surface area contributed by atoms with Crippen molar-refractivity contribution in [2.75, 3.05) is 6.61 Å². The molecule has 2 rings (SSSR count). The van der Waals surface area contributed by atoms with Gasteiger partial charge in [0.1, 0.15) is 0 Å². The second-order valence-electron chi connectivity index (χ2n) is 5.49. The van der Waals surface area contributed by atoms with Crippen molar-refractivity contribution in [1.82, 2.24) is 4.72 Å². The topological polar surface area (TPSA) is 89.5 Å². The highest BCUT2D eigenvalue weighted by molar-refractivity contribution is 7.89. The number of carbonyl (C=O) groups excluding carboxylic acids is 2. The van der Waals surface area contributed by atoms with Gasteiger partial charge >= 0.3 is 5.97 Å². The average Bonchev–Trinajstić information content (AvgIpc) is 2.60. The summed E-state index contributed by atoms with van der Waals surface area (Å²) in [7, 11) is -4.10. The number of halogens is 1. The molecule has 1 unspecified atom stereocenters. The molecule has 0 saturated heterocycles. The van der Waals surface area contributed by atoms with Crippen LogP contribution in [0.4, 0.5) is 0 Å². The zero-order valence-corrected chi connectivity index (χ0v) is 15.8. The summed E-state index contributed by atoms with van der Waals surface area (Å²) in [4.78, 5) is 24.8. The molecule has 0 saturated carbocycles. The van der Waals surface area contributed by atoms with Gasteiger partial charge in [-0.3, -0.25) is 4.79 Å². The Bertz CT molecular complexity index is 892. The molecule has 0 aromatic heterocycles. The Morgan fingerprint density at radius 1 is 1.08 bits per heavy atom. The molecular formula is C18H18ClNO5S. The van der Waals surface area contributed by atoms with E-state index in [0.717, 1.165) is 5.56 Å². The van der Waals surface area contributed by atoms with Gasteiger partial charge in [-0.1, -0.05) is 29.3 Å². The molecule has 0 aliphatic carbocycles. The predicted molar refractivity (Wildman–Crippen MR) is 97.7 cm³/mol. The van der Waals surface area contributed by atoms with Gasteiger partial charge < -0.3 is 4.74 Å². The van der Waals surface area contributed by atoms with Gasteiger partial charge in [-0.25, -0.2) is 13.2 Å². The lowest BCUT2D eigenvalue weighted by molar-refractivity contribution is -0.143. The second kappa shape index (κ2) is 8.44. The number of benzene rings is 2. The van der Waals surface area contributed by atoms with Gasteiger partial charge in [-0.15, -0.1) is 0 Å². The summed E-state index contributed by atoms with van der Waals surface area (Å²) in [5.41, 5.74) is 1.02. The third-order valence-electron chi connectivity index (χ3n) is 3.52. The highest BCUT2D eigenvalue weighted by Crippen LogP contribution is 2.15. The summed E-state index contributed by atoms with van der Waals surface area (Å²) in [6.07, 6.45) is 0. The largest absolute Gasteiger partial charge is 0.464 e. The third-order valence-corrected chi connectivity index (χ3v) is 5.21. The zero-order chi connectivity index (χ0) is 19.3. The number of carbonyl (C=O) groups is 2. The molecule has 2 aromatic carbocycles. The second-order valence-corrected chi connectivity index (χ2v) is 7.64. The lowest BCUT2D eigenvalue weighted by atomic mass is 10.1. The first-order valence-electron chi connectivity index (χ1n) is 7.80. The molecule has 0 heterocycles. The van der Waals surface area contributed by atoms with E-state index in [4.69, 9.17) is 16.3 Å². The molecule has 6 nitrogen and oxygen atoms in total. The van der Waals surface area contributed by atoms with Gasteiger partial charge in [0.15, 0.2) is 11.8 Å². The lowest BCUT2D eigenvalue weighted by Crippen LogP contribution is -2.47. The molecule has 0 amide bonds. The van der Waals surface area contributed by atoms with E-state index in [1.165, 1.54) is 36.4 Å². The summed E-state index contributed by atoms with van der Waals surface area (Å²) < 4.78 is 32.1. The van der Waals surface area contributed by atoms with Crippen LogP contribution in [-0.2, 0) is 19.6 Å². The number of sulfonamides is 1. The maximum atomic E-state index is 12.7. The molecule has 8 heteroatoms. The molecule has 0 spiro atoms. The quantitative estimate of drug-likeness (QED) is 0.442. The number of Topliss-reactive ketones (excluding diaryl/α,β-unsaturated/α-hetero) is 1. The lowest BCUT2D eigenvalue weighted by Gasteiger charge is -2.16. The number of ether oxygens (including phenoxy) is 1.